The molecule has 0 radical (unpaired) electrons. The van der Waals surface area contributed by atoms with E-state index in [4.69, 9.17) is 11.6 Å². The highest BCUT2D eigenvalue weighted by molar-refractivity contribution is 6.34. The number of rotatable bonds is 2. The summed E-state index contributed by atoms with van der Waals surface area (Å²) >= 11 is 5.92. The molecular weight excluding hydrogens is 426 g/mol. The molecule has 2 aromatic heterocycles. The number of H-pyrrole nitrogens is 1. The molecule has 0 fully saturated rings. The standard InChI is InChI=1S/C19H14ClF4N5O/c1-9-15-12(16(28-27-15)17-25-7-10(21)8-26-17)5-6-29(9)18(30)11-3-2-4-13(14(11)20)19(22,23)24/h2-4,7-9H,5-6H2,1H3,(H,27,28). The van der Waals surface area contributed by atoms with Gasteiger partial charge in [-0.2, -0.15) is 18.3 Å². The molecular formula is C19H14ClF4N5O. The van der Waals surface area contributed by atoms with Crippen molar-refractivity contribution in [2.45, 2.75) is 25.6 Å². The van der Waals surface area contributed by atoms with Gasteiger partial charge in [-0.3, -0.25) is 9.89 Å². The summed E-state index contributed by atoms with van der Waals surface area (Å²) in [5, 5.41) is 6.42. The van der Waals surface area contributed by atoms with Crippen LogP contribution in [0.15, 0.2) is 30.6 Å². The normalized spacial score (nSPS) is 16.5. The number of hydrogen-bond acceptors (Lipinski definition) is 4. The Balaban J connectivity index is 1.66. The van der Waals surface area contributed by atoms with Crippen LogP contribution in [-0.4, -0.2) is 37.5 Å². The van der Waals surface area contributed by atoms with E-state index >= 15 is 0 Å². The van der Waals surface area contributed by atoms with Gasteiger partial charge < -0.3 is 4.90 Å². The second kappa shape index (κ2) is 7.35. The molecule has 1 aliphatic rings. The minimum Gasteiger partial charge on any atom is -0.330 e. The number of hydrogen-bond donors (Lipinski definition) is 1. The zero-order valence-corrected chi connectivity index (χ0v) is 16.2. The zero-order valence-electron chi connectivity index (χ0n) is 15.5. The number of carbonyl (C=O) groups is 1. The molecule has 1 aliphatic heterocycles. The van der Waals surface area contributed by atoms with Gasteiger partial charge in [0.25, 0.3) is 5.91 Å². The molecule has 1 unspecified atom stereocenters. The average molecular weight is 440 g/mol. The van der Waals surface area contributed by atoms with Crippen molar-refractivity contribution in [2.75, 3.05) is 6.54 Å². The Kier molecular flexibility index (Phi) is 4.97. The summed E-state index contributed by atoms with van der Waals surface area (Å²) in [7, 11) is 0. The lowest BCUT2D eigenvalue weighted by Crippen LogP contribution is -2.39. The first-order valence-electron chi connectivity index (χ1n) is 8.90. The van der Waals surface area contributed by atoms with Crippen LogP contribution in [0.25, 0.3) is 11.5 Å². The average Bonchev–Trinajstić information content (AvgIpc) is 3.13. The summed E-state index contributed by atoms with van der Waals surface area (Å²) in [5.41, 5.74) is 0.547. The molecule has 3 aromatic rings. The predicted molar refractivity (Wildman–Crippen MR) is 99.2 cm³/mol. The van der Waals surface area contributed by atoms with Crippen LogP contribution in [0.4, 0.5) is 17.6 Å². The van der Waals surface area contributed by atoms with Crippen molar-refractivity contribution < 1.29 is 22.4 Å². The van der Waals surface area contributed by atoms with E-state index < -0.39 is 34.5 Å². The Bertz CT molecular complexity index is 1110. The highest BCUT2D eigenvalue weighted by atomic mass is 35.5. The largest absolute Gasteiger partial charge is 0.417 e. The molecule has 0 spiro atoms. The van der Waals surface area contributed by atoms with Gasteiger partial charge in [-0.15, -0.1) is 0 Å². The van der Waals surface area contributed by atoms with Crippen LogP contribution >= 0.6 is 11.6 Å². The van der Waals surface area contributed by atoms with E-state index in [1.54, 1.807) is 6.92 Å². The fourth-order valence-corrected chi connectivity index (χ4v) is 3.84. The molecule has 1 amide bonds. The van der Waals surface area contributed by atoms with Gasteiger partial charge in [0, 0.05) is 12.1 Å². The fourth-order valence-electron chi connectivity index (χ4n) is 3.53. The van der Waals surface area contributed by atoms with Gasteiger partial charge in [-0.05, 0) is 25.5 Å². The number of amides is 1. The van der Waals surface area contributed by atoms with Gasteiger partial charge in [-0.25, -0.2) is 14.4 Å². The number of aromatic amines is 1. The Morgan fingerprint density at radius 1 is 1.27 bits per heavy atom. The number of aromatic nitrogens is 4. The smallest absolute Gasteiger partial charge is 0.330 e. The molecule has 1 aromatic carbocycles. The molecule has 0 saturated carbocycles. The van der Waals surface area contributed by atoms with E-state index in [2.05, 4.69) is 20.2 Å². The first-order chi connectivity index (χ1) is 14.2. The van der Waals surface area contributed by atoms with Crippen LogP contribution in [0.3, 0.4) is 0 Å². The number of nitrogens with zero attached hydrogens (tertiary/aromatic N) is 4. The molecule has 6 nitrogen and oxygen atoms in total. The van der Waals surface area contributed by atoms with Gasteiger partial charge >= 0.3 is 6.18 Å². The highest BCUT2D eigenvalue weighted by Gasteiger charge is 2.37. The van der Waals surface area contributed by atoms with E-state index in [9.17, 15) is 22.4 Å². The summed E-state index contributed by atoms with van der Waals surface area (Å²) in [5.74, 6) is -0.930. The van der Waals surface area contributed by atoms with Crippen molar-refractivity contribution in [1.29, 1.82) is 0 Å². The third-order valence-electron chi connectivity index (χ3n) is 5.00. The molecule has 1 atom stereocenters. The van der Waals surface area contributed by atoms with Crippen LogP contribution in [0.2, 0.25) is 5.02 Å². The molecule has 0 bridgehead atoms. The maximum absolute atomic E-state index is 13.1. The van der Waals surface area contributed by atoms with Crippen molar-refractivity contribution in [2.24, 2.45) is 0 Å². The monoisotopic (exact) mass is 439 g/mol. The van der Waals surface area contributed by atoms with Gasteiger partial charge in [0.15, 0.2) is 11.6 Å². The summed E-state index contributed by atoms with van der Waals surface area (Å²) in [6.45, 7) is 1.95. The first kappa shape index (κ1) is 20.3. The number of halogens is 5. The molecule has 156 valence electrons. The Morgan fingerprint density at radius 2 is 1.97 bits per heavy atom. The summed E-state index contributed by atoms with van der Waals surface area (Å²) in [4.78, 5) is 22.3. The SMILES string of the molecule is CC1c2n[nH]c(-c3ncc(F)cn3)c2CCN1C(=O)c1cccc(C(F)(F)F)c1Cl. The third kappa shape index (κ3) is 3.41. The summed E-state index contributed by atoms with van der Waals surface area (Å²) < 4.78 is 52.5. The van der Waals surface area contributed by atoms with Crippen LogP contribution in [-0.2, 0) is 12.6 Å². The van der Waals surface area contributed by atoms with Crippen LogP contribution in [0.1, 0.15) is 40.1 Å². The van der Waals surface area contributed by atoms with Crippen molar-refractivity contribution in [3.8, 4) is 11.5 Å². The maximum Gasteiger partial charge on any atom is 0.417 e. The Morgan fingerprint density at radius 3 is 2.63 bits per heavy atom. The van der Waals surface area contributed by atoms with Gasteiger partial charge in [0.1, 0.15) is 5.69 Å². The highest BCUT2D eigenvalue weighted by Crippen LogP contribution is 2.38. The lowest BCUT2D eigenvalue weighted by Gasteiger charge is -2.33. The number of fused-ring (bicyclic) bond motifs is 1. The van der Waals surface area contributed by atoms with Crippen LogP contribution < -0.4 is 0 Å². The molecule has 4 rings (SSSR count). The van der Waals surface area contributed by atoms with Crippen molar-refractivity contribution in [3.05, 3.63) is 63.8 Å². The molecule has 30 heavy (non-hydrogen) atoms. The lowest BCUT2D eigenvalue weighted by atomic mass is 9.97. The zero-order chi connectivity index (χ0) is 21.6. The minimum atomic E-state index is -4.67. The second-order valence-corrected chi connectivity index (χ2v) is 7.15. The molecule has 11 heteroatoms. The number of nitrogens with one attached hydrogen (secondary N) is 1. The van der Waals surface area contributed by atoms with E-state index in [1.807, 2.05) is 0 Å². The second-order valence-electron chi connectivity index (χ2n) is 6.78. The van der Waals surface area contributed by atoms with E-state index in [1.165, 1.54) is 11.0 Å². The third-order valence-corrected chi connectivity index (χ3v) is 5.41. The topological polar surface area (TPSA) is 74.8 Å². The number of benzene rings is 1. The summed E-state index contributed by atoms with van der Waals surface area (Å²) in [6.07, 6.45) is -2.23. The van der Waals surface area contributed by atoms with Crippen molar-refractivity contribution >= 4 is 17.5 Å². The van der Waals surface area contributed by atoms with Crippen LogP contribution in [0.5, 0.6) is 0 Å². The van der Waals surface area contributed by atoms with Gasteiger partial charge in [-0.1, -0.05) is 17.7 Å². The molecule has 0 saturated heterocycles. The van der Waals surface area contributed by atoms with E-state index in [0.717, 1.165) is 30.1 Å². The molecule has 1 N–H and O–H groups in total. The Labute approximate surface area is 172 Å². The first-order valence-corrected chi connectivity index (χ1v) is 9.28. The van der Waals surface area contributed by atoms with Gasteiger partial charge in [0.05, 0.1) is 40.3 Å². The quantitative estimate of drug-likeness (QED) is 0.599. The van der Waals surface area contributed by atoms with Crippen molar-refractivity contribution in [1.82, 2.24) is 25.1 Å². The predicted octanol–water partition coefficient (Wildman–Crippen LogP) is 4.44. The van der Waals surface area contributed by atoms with Crippen molar-refractivity contribution in [3.63, 3.8) is 0 Å². The molecule has 3 heterocycles. The number of alkyl halides is 3. The Hall–Kier alpha value is -3.01. The lowest BCUT2D eigenvalue weighted by molar-refractivity contribution is -0.137. The van der Waals surface area contributed by atoms with Gasteiger partial charge in [0.2, 0.25) is 0 Å². The fraction of sp³-hybridized carbons (Fsp3) is 0.263. The number of carbonyl (C=O) groups excluding carboxylic acids is 1. The maximum atomic E-state index is 13.1. The summed E-state index contributed by atoms with van der Waals surface area (Å²) in [6, 6.07) is 2.72. The molecule has 0 aliphatic carbocycles. The minimum absolute atomic E-state index is 0.223. The van der Waals surface area contributed by atoms with E-state index in [-0.39, 0.29) is 17.9 Å². The van der Waals surface area contributed by atoms with E-state index in [0.29, 0.717) is 17.8 Å². The van der Waals surface area contributed by atoms with Crippen LogP contribution in [0, 0.1) is 5.82 Å².